The summed E-state index contributed by atoms with van der Waals surface area (Å²) in [6.45, 7) is 0.570. The van der Waals surface area contributed by atoms with Crippen molar-refractivity contribution in [3.05, 3.63) is 57.8 Å². The molecule has 2 heterocycles. The third kappa shape index (κ3) is 3.26. The highest BCUT2D eigenvalue weighted by molar-refractivity contribution is 7.17. The van der Waals surface area contributed by atoms with Gasteiger partial charge in [0.25, 0.3) is 5.91 Å². The maximum absolute atomic E-state index is 12.1. The minimum atomic E-state index is -0.327. The number of para-hydroxylation sites is 1. The van der Waals surface area contributed by atoms with Crippen LogP contribution in [0.2, 0.25) is 4.47 Å². The maximum atomic E-state index is 12.1. The molecule has 0 saturated heterocycles. The lowest BCUT2D eigenvalue weighted by molar-refractivity contribution is 0.102. The lowest BCUT2D eigenvalue weighted by Crippen LogP contribution is -2.14. The van der Waals surface area contributed by atoms with Crippen molar-refractivity contribution >= 4 is 34.5 Å². The lowest BCUT2D eigenvalue weighted by Gasteiger charge is -2.10. The SMILES string of the molecule is O=C(Nc1ccccc1Cn1cccn1)c1nnc(Cl)s1. The molecule has 0 aliphatic rings. The van der Waals surface area contributed by atoms with Crippen molar-refractivity contribution in [1.29, 1.82) is 0 Å². The van der Waals surface area contributed by atoms with E-state index in [1.54, 1.807) is 10.9 Å². The Morgan fingerprint density at radius 2 is 2.14 bits per heavy atom. The van der Waals surface area contributed by atoms with Crippen LogP contribution in [0.4, 0.5) is 5.69 Å². The van der Waals surface area contributed by atoms with Gasteiger partial charge in [-0.15, -0.1) is 10.2 Å². The van der Waals surface area contributed by atoms with Crippen molar-refractivity contribution in [2.24, 2.45) is 0 Å². The number of nitrogens with one attached hydrogen (secondary N) is 1. The Bertz CT molecular complexity index is 756. The van der Waals surface area contributed by atoms with E-state index >= 15 is 0 Å². The van der Waals surface area contributed by atoms with Crippen LogP contribution in [-0.2, 0) is 6.54 Å². The molecule has 3 aromatic rings. The molecule has 0 fully saturated rings. The average molecular weight is 320 g/mol. The van der Waals surface area contributed by atoms with Crippen LogP contribution in [-0.4, -0.2) is 25.9 Å². The Balaban J connectivity index is 1.80. The summed E-state index contributed by atoms with van der Waals surface area (Å²) in [5, 5.41) is 14.6. The Hall–Kier alpha value is -2.25. The van der Waals surface area contributed by atoms with Gasteiger partial charge in [0.2, 0.25) is 9.47 Å². The lowest BCUT2D eigenvalue weighted by atomic mass is 10.1. The summed E-state index contributed by atoms with van der Waals surface area (Å²) in [5.74, 6) is -0.327. The number of hydrogen-bond acceptors (Lipinski definition) is 5. The fourth-order valence-electron chi connectivity index (χ4n) is 1.82. The molecule has 2 aromatic heterocycles. The van der Waals surface area contributed by atoms with E-state index in [1.807, 2.05) is 36.5 Å². The van der Waals surface area contributed by atoms with E-state index in [2.05, 4.69) is 20.6 Å². The topological polar surface area (TPSA) is 72.7 Å². The molecule has 0 radical (unpaired) electrons. The molecule has 3 rings (SSSR count). The van der Waals surface area contributed by atoms with E-state index in [4.69, 9.17) is 11.6 Å². The smallest absolute Gasteiger partial charge is 0.286 e. The number of nitrogens with zero attached hydrogens (tertiary/aromatic N) is 4. The molecule has 0 bridgehead atoms. The summed E-state index contributed by atoms with van der Waals surface area (Å²) in [6.07, 6.45) is 3.58. The van der Waals surface area contributed by atoms with Gasteiger partial charge in [0, 0.05) is 18.1 Å². The van der Waals surface area contributed by atoms with E-state index in [9.17, 15) is 4.79 Å². The molecule has 0 spiro atoms. The zero-order valence-electron chi connectivity index (χ0n) is 10.7. The standard InChI is InChI=1S/C13H10ClN5OS/c14-13-18-17-12(21-13)11(20)16-10-5-2-1-4-9(10)8-19-7-3-6-15-19/h1-7H,8H2,(H,16,20). The molecule has 21 heavy (non-hydrogen) atoms. The molecular weight excluding hydrogens is 310 g/mol. The zero-order valence-corrected chi connectivity index (χ0v) is 12.3. The average Bonchev–Trinajstić information content (AvgIpc) is 3.12. The van der Waals surface area contributed by atoms with Crippen LogP contribution in [0.25, 0.3) is 0 Å². The first-order valence-electron chi connectivity index (χ1n) is 6.08. The molecule has 8 heteroatoms. The first-order chi connectivity index (χ1) is 10.2. The molecule has 0 saturated carbocycles. The second-order valence-electron chi connectivity index (χ2n) is 4.18. The number of carbonyl (C=O) groups is 1. The van der Waals surface area contributed by atoms with Crippen molar-refractivity contribution in [3.63, 3.8) is 0 Å². The minimum absolute atomic E-state index is 0.230. The highest BCUT2D eigenvalue weighted by Crippen LogP contribution is 2.19. The van der Waals surface area contributed by atoms with Crippen molar-refractivity contribution in [3.8, 4) is 0 Å². The number of benzene rings is 1. The van der Waals surface area contributed by atoms with Crippen molar-refractivity contribution in [1.82, 2.24) is 20.0 Å². The van der Waals surface area contributed by atoms with Crippen molar-refractivity contribution in [2.45, 2.75) is 6.54 Å². The molecule has 0 aliphatic carbocycles. The molecule has 1 amide bonds. The quantitative estimate of drug-likeness (QED) is 0.802. The van der Waals surface area contributed by atoms with Crippen LogP contribution in [0.5, 0.6) is 0 Å². The second kappa shape index (κ2) is 6.02. The van der Waals surface area contributed by atoms with Gasteiger partial charge in [-0.05, 0) is 29.3 Å². The first kappa shape index (κ1) is 13.7. The van der Waals surface area contributed by atoms with Crippen LogP contribution in [0, 0.1) is 0 Å². The molecule has 0 aliphatic heterocycles. The molecule has 1 aromatic carbocycles. The molecule has 1 N–H and O–H groups in total. The highest BCUT2D eigenvalue weighted by Gasteiger charge is 2.14. The van der Waals surface area contributed by atoms with E-state index in [0.29, 0.717) is 12.2 Å². The van der Waals surface area contributed by atoms with Crippen LogP contribution in [0.1, 0.15) is 15.4 Å². The van der Waals surface area contributed by atoms with Gasteiger partial charge in [-0.1, -0.05) is 29.5 Å². The first-order valence-corrected chi connectivity index (χ1v) is 7.27. The summed E-state index contributed by atoms with van der Waals surface area (Å²) in [4.78, 5) is 12.1. The Kier molecular flexibility index (Phi) is 3.94. The van der Waals surface area contributed by atoms with Crippen molar-refractivity contribution in [2.75, 3.05) is 5.32 Å². The van der Waals surface area contributed by atoms with Gasteiger partial charge >= 0.3 is 0 Å². The summed E-state index contributed by atoms with van der Waals surface area (Å²) in [5.41, 5.74) is 1.66. The highest BCUT2D eigenvalue weighted by atomic mass is 35.5. The fraction of sp³-hybridized carbons (Fsp3) is 0.0769. The monoisotopic (exact) mass is 319 g/mol. The largest absolute Gasteiger partial charge is 0.320 e. The predicted octanol–water partition coefficient (Wildman–Crippen LogP) is 2.69. The molecule has 0 unspecified atom stereocenters. The molecule has 0 atom stereocenters. The van der Waals surface area contributed by atoms with Gasteiger partial charge in [-0.3, -0.25) is 9.48 Å². The van der Waals surface area contributed by atoms with Gasteiger partial charge in [-0.2, -0.15) is 5.10 Å². The van der Waals surface area contributed by atoms with Gasteiger partial charge < -0.3 is 5.32 Å². The van der Waals surface area contributed by atoms with Gasteiger partial charge in [-0.25, -0.2) is 0 Å². The number of amides is 1. The van der Waals surface area contributed by atoms with Crippen LogP contribution < -0.4 is 5.32 Å². The normalized spacial score (nSPS) is 10.5. The third-order valence-corrected chi connectivity index (χ3v) is 3.77. The Morgan fingerprint density at radius 1 is 1.29 bits per heavy atom. The molecule has 106 valence electrons. The van der Waals surface area contributed by atoms with E-state index in [-0.39, 0.29) is 15.4 Å². The van der Waals surface area contributed by atoms with Crippen LogP contribution >= 0.6 is 22.9 Å². The summed E-state index contributed by atoms with van der Waals surface area (Å²) in [6, 6.07) is 9.39. The van der Waals surface area contributed by atoms with Gasteiger partial charge in [0.1, 0.15) is 0 Å². The minimum Gasteiger partial charge on any atom is -0.320 e. The number of carbonyl (C=O) groups excluding carboxylic acids is 1. The number of hydrogen-bond donors (Lipinski definition) is 1. The van der Waals surface area contributed by atoms with Crippen LogP contribution in [0.15, 0.2) is 42.7 Å². The summed E-state index contributed by atoms with van der Waals surface area (Å²) in [7, 11) is 0. The molecular formula is C13H10ClN5OS. The Labute approximate surface area is 129 Å². The number of halogens is 1. The third-order valence-electron chi connectivity index (χ3n) is 2.75. The molecule has 6 nitrogen and oxygen atoms in total. The van der Waals surface area contributed by atoms with E-state index < -0.39 is 0 Å². The Morgan fingerprint density at radius 3 is 2.86 bits per heavy atom. The predicted molar refractivity (Wildman–Crippen MR) is 80.6 cm³/mol. The summed E-state index contributed by atoms with van der Waals surface area (Å²) >= 11 is 6.73. The zero-order chi connectivity index (χ0) is 14.7. The number of anilines is 1. The number of rotatable bonds is 4. The maximum Gasteiger partial charge on any atom is 0.286 e. The fourth-order valence-corrected chi connectivity index (χ4v) is 2.55. The number of aromatic nitrogens is 4. The van der Waals surface area contributed by atoms with Gasteiger partial charge in [0.15, 0.2) is 0 Å². The second-order valence-corrected chi connectivity index (χ2v) is 5.73. The van der Waals surface area contributed by atoms with E-state index in [1.165, 1.54) is 0 Å². The van der Waals surface area contributed by atoms with Gasteiger partial charge in [0.05, 0.1) is 6.54 Å². The van der Waals surface area contributed by atoms with E-state index in [0.717, 1.165) is 16.9 Å². The van der Waals surface area contributed by atoms with Crippen LogP contribution in [0.3, 0.4) is 0 Å². The summed E-state index contributed by atoms with van der Waals surface area (Å²) < 4.78 is 2.03. The van der Waals surface area contributed by atoms with Crippen molar-refractivity contribution < 1.29 is 4.79 Å².